The molecule has 2 N–H and O–H groups in total. The number of nitrogens with one attached hydrogen (secondary N) is 2. The number of hydrogen-bond acceptors (Lipinski definition) is 3. The molecule has 16 heavy (non-hydrogen) atoms. The van der Waals surface area contributed by atoms with Crippen molar-refractivity contribution in [2.75, 3.05) is 13.1 Å². The van der Waals surface area contributed by atoms with Gasteiger partial charge < -0.3 is 10.6 Å². The molecule has 90 valence electrons. The van der Waals surface area contributed by atoms with Gasteiger partial charge >= 0.3 is 6.18 Å². The van der Waals surface area contributed by atoms with Crippen LogP contribution in [0.25, 0.3) is 0 Å². The van der Waals surface area contributed by atoms with Gasteiger partial charge in [-0.2, -0.15) is 13.2 Å². The van der Waals surface area contributed by atoms with Crippen LogP contribution in [0, 0.1) is 0 Å². The molecule has 0 bridgehead atoms. The molecule has 1 aromatic rings. The molecule has 3 nitrogen and oxygen atoms in total. The predicted molar refractivity (Wildman–Crippen MR) is 55.1 cm³/mol. The first kappa shape index (κ1) is 13.0. The van der Waals surface area contributed by atoms with Crippen molar-refractivity contribution in [3.8, 4) is 0 Å². The lowest BCUT2D eigenvalue weighted by Crippen LogP contribution is -2.37. The number of carbonyl (C=O) groups excluding carboxylic acids is 1. The highest BCUT2D eigenvalue weighted by Gasteiger charge is 2.26. The Kier molecular flexibility index (Phi) is 4.75. The highest BCUT2D eigenvalue weighted by Crippen LogP contribution is 2.11. The van der Waals surface area contributed by atoms with Crippen LogP contribution in [0.1, 0.15) is 4.88 Å². The van der Waals surface area contributed by atoms with Gasteiger partial charge in [0.05, 0.1) is 19.6 Å². The van der Waals surface area contributed by atoms with E-state index < -0.39 is 18.6 Å². The van der Waals surface area contributed by atoms with Crippen LogP contribution in [-0.2, 0) is 11.3 Å². The van der Waals surface area contributed by atoms with Gasteiger partial charge in [0.25, 0.3) is 0 Å². The predicted octanol–water partition coefficient (Wildman–Crippen LogP) is 1.52. The molecule has 0 aliphatic carbocycles. The summed E-state index contributed by atoms with van der Waals surface area (Å²) in [6, 6.07) is 3.68. The number of hydrogen-bond donors (Lipinski definition) is 2. The van der Waals surface area contributed by atoms with Gasteiger partial charge in [-0.05, 0) is 11.4 Å². The van der Waals surface area contributed by atoms with Crippen LogP contribution in [0.4, 0.5) is 13.2 Å². The third-order valence-electron chi connectivity index (χ3n) is 1.65. The van der Waals surface area contributed by atoms with Gasteiger partial charge in [-0.1, -0.05) is 6.07 Å². The molecule has 0 fully saturated rings. The minimum Gasteiger partial charge on any atom is -0.350 e. The van der Waals surface area contributed by atoms with Crippen LogP contribution < -0.4 is 10.6 Å². The molecule has 1 heterocycles. The molecule has 0 unspecified atom stereocenters. The fourth-order valence-electron chi connectivity index (χ4n) is 0.979. The summed E-state index contributed by atoms with van der Waals surface area (Å²) >= 11 is 1.48. The standard InChI is InChI=1S/C9H11F3N2OS/c10-9(11,12)6-13-5-8(15)14-4-7-2-1-3-16-7/h1-3,13H,4-6H2,(H,14,15). The zero-order chi connectivity index (χ0) is 12.0. The molecule has 0 atom stereocenters. The molecule has 0 saturated carbocycles. The Morgan fingerprint density at radius 3 is 2.75 bits per heavy atom. The molecule has 0 aliphatic heterocycles. The zero-order valence-electron chi connectivity index (χ0n) is 8.30. The second kappa shape index (κ2) is 5.86. The van der Waals surface area contributed by atoms with Crippen molar-refractivity contribution in [2.45, 2.75) is 12.7 Å². The lowest BCUT2D eigenvalue weighted by molar-refractivity contribution is -0.128. The summed E-state index contributed by atoms with van der Waals surface area (Å²) in [6.45, 7) is -1.13. The lowest BCUT2D eigenvalue weighted by Gasteiger charge is -2.08. The van der Waals surface area contributed by atoms with E-state index in [0.29, 0.717) is 6.54 Å². The highest BCUT2D eigenvalue weighted by molar-refractivity contribution is 7.09. The molecule has 1 rings (SSSR count). The monoisotopic (exact) mass is 252 g/mol. The molecule has 7 heteroatoms. The summed E-state index contributed by atoms with van der Waals surface area (Å²) in [5.41, 5.74) is 0. The Hall–Kier alpha value is -1.08. The first-order valence-corrected chi connectivity index (χ1v) is 5.42. The van der Waals surface area contributed by atoms with E-state index >= 15 is 0 Å². The van der Waals surface area contributed by atoms with Crippen molar-refractivity contribution in [3.63, 3.8) is 0 Å². The second-order valence-corrected chi connectivity index (χ2v) is 4.11. The van der Waals surface area contributed by atoms with Gasteiger partial charge in [0, 0.05) is 4.88 Å². The quantitative estimate of drug-likeness (QED) is 0.834. The molecule has 1 aromatic heterocycles. The Labute approximate surface area is 94.7 Å². The Morgan fingerprint density at radius 1 is 1.44 bits per heavy atom. The molecule has 0 radical (unpaired) electrons. The van der Waals surface area contributed by atoms with Crippen molar-refractivity contribution in [1.29, 1.82) is 0 Å². The lowest BCUT2D eigenvalue weighted by atomic mass is 10.4. The molecular weight excluding hydrogens is 241 g/mol. The fraction of sp³-hybridized carbons (Fsp3) is 0.444. The molecular formula is C9H11F3N2OS. The summed E-state index contributed by atoms with van der Waals surface area (Å²) in [6.07, 6.45) is -4.28. The zero-order valence-corrected chi connectivity index (χ0v) is 9.12. The van der Waals surface area contributed by atoms with Crippen molar-refractivity contribution in [2.24, 2.45) is 0 Å². The number of halogens is 3. The smallest absolute Gasteiger partial charge is 0.350 e. The minimum absolute atomic E-state index is 0.328. The minimum atomic E-state index is -4.28. The van der Waals surface area contributed by atoms with E-state index in [9.17, 15) is 18.0 Å². The first-order chi connectivity index (χ1) is 7.47. The Bertz CT molecular complexity index is 324. The van der Waals surface area contributed by atoms with Gasteiger partial charge in [-0.3, -0.25) is 4.79 Å². The first-order valence-electron chi connectivity index (χ1n) is 4.54. The van der Waals surface area contributed by atoms with Crippen LogP contribution >= 0.6 is 11.3 Å². The summed E-state index contributed by atoms with van der Waals surface area (Å²) in [5.74, 6) is -0.447. The molecule has 0 saturated heterocycles. The van der Waals surface area contributed by atoms with E-state index in [-0.39, 0.29) is 6.54 Å². The Balaban J connectivity index is 2.12. The Morgan fingerprint density at radius 2 is 2.19 bits per heavy atom. The van der Waals surface area contributed by atoms with Crippen LogP contribution in [0.2, 0.25) is 0 Å². The van der Waals surface area contributed by atoms with E-state index in [2.05, 4.69) is 5.32 Å². The number of thiophene rings is 1. The average molecular weight is 252 g/mol. The maximum Gasteiger partial charge on any atom is 0.401 e. The second-order valence-electron chi connectivity index (χ2n) is 3.07. The summed E-state index contributed by atoms with van der Waals surface area (Å²) in [7, 11) is 0. The SMILES string of the molecule is O=C(CNCC(F)(F)F)NCc1cccs1. The summed E-state index contributed by atoms with van der Waals surface area (Å²) in [5, 5.41) is 6.40. The van der Waals surface area contributed by atoms with E-state index in [0.717, 1.165) is 4.88 Å². The number of rotatable bonds is 5. The molecule has 0 aliphatic rings. The maximum absolute atomic E-state index is 11.7. The number of carbonyl (C=O) groups is 1. The normalized spacial score (nSPS) is 11.4. The van der Waals surface area contributed by atoms with Gasteiger partial charge in [-0.15, -0.1) is 11.3 Å². The largest absolute Gasteiger partial charge is 0.401 e. The van der Waals surface area contributed by atoms with E-state index in [1.807, 2.05) is 22.8 Å². The van der Waals surface area contributed by atoms with Gasteiger partial charge in [0.2, 0.25) is 5.91 Å². The third kappa shape index (κ3) is 5.72. The van der Waals surface area contributed by atoms with Crippen LogP contribution in [0.15, 0.2) is 17.5 Å². The molecule has 0 spiro atoms. The summed E-state index contributed by atoms with van der Waals surface area (Å²) in [4.78, 5) is 12.0. The van der Waals surface area contributed by atoms with Crippen molar-refractivity contribution >= 4 is 17.2 Å². The number of amides is 1. The van der Waals surface area contributed by atoms with E-state index in [1.165, 1.54) is 11.3 Å². The average Bonchev–Trinajstić information content (AvgIpc) is 2.65. The van der Waals surface area contributed by atoms with Crippen LogP contribution in [0.3, 0.4) is 0 Å². The van der Waals surface area contributed by atoms with Gasteiger partial charge in [0.1, 0.15) is 0 Å². The van der Waals surface area contributed by atoms with Gasteiger partial charge in [-0.25, -0.2) is 0 Å². The van der Waals surface area contributed by atoms with Crippen LogP contribution in [0.5, 0.6) is 0 Å². The summed E-state index contributed by atoms with van der Waals surface area (Å²) < 4.78 is 35.2. The third-order valence-corrected chi connectivity index (χ3v) is 2.53. The maximum atomic E-state index is 11.7. The van der Waals surface area contributed by atoms with E-state index in [4.69, 9.17) is 0 Å². The van der Waals surface area contributed by atoms with Gasteiger partial charge in [0.15, 0.2) is 0 Å². The topological polar surface area (TPSA) is 41.1 Å². The van der Waals surface area contributed by atoms with Crippen molar-refractivity contribution in [3.05, 3.63) is 22.4 Å². The molecule has 1 amide bonds. The highest BCUT2D eigenvalue weighted by atomic mass is 32.1. The molecule has 0 aromatic carbocycles. The van der Waals surface area contributed by atoms with Crippen molar-refractivity contribution in [1.82, 2.24) is 10.6 Å². The van der Waals surface area contributed by atoms with Crippen molar-refractivity contribution < 1.29 is 18.0 Å². The van der Waals surface area contributed by atoms with Crippen LogP contribution in [-0.4, -0.2) is 25.2 Å². The fourth-order valence-corrected chi connectivity index (χ4v) is 1.62. The van der Waals surface area contributed by atoms with E-state index in [1.54, 1.807) is 0 Å². The number of alkyl halides is 3.